The van der Waals surface area contributed by atoms with Crippen molar-refractivity contribution in [1.82, 2.24) is 5.43 Å². The molecule has 0 bridgehead atoms. The van der Waals surface area contributed by atoms with Gasteiger partial charge in [-0.25, -0.2) is 5.43 Å². The fourth-order valence-electron chi connectivity index (χ4n) is 2.38. The molecule has 2 N–H and O–H groups in total. The lowest BCUT2D eigenvalue weighted by molar-refractivity contribution is -0.384. The van der Waals surface area contributed by atoms with Gasteiger partial charge >= 0.3 is 11.8 Å². The number of benzene rings is 2. The molecule has 0 aliphatic carbocycles. The molecule has 0 saturated heterocycles. The molecule has 3 rings (SSSR count). The van der Waals surface area contributed by atoms with Crippen LogP contribution in [0.15, 0.2) is 70.2 Å². The van der Waals surface area contributed by atoms with E-state index in [4.69, 9.17) is 4.42 Å². The molecule has 2 amide bonds. The number of hydrogen-bond acceptors (Lipinski definition) is 6. The molecule has 0 aliphatic rings. The first-order valence-electron chi connectivity index (χ1n) is 8.48. The van der Waals surface area contributed by atoms with Gasteiger partial charge in [0.25, 0.3) is 5.69 Å². The molecule has 1 aromatic heterocycles. The maximum atomic E-state index is 11.8. The van der Waals surface area contributed by atoms with Crippen LogP contribution >= 0.6 is 0 Å². The highest BCUT2D eigenvalue weighted by atomic mass is 16.6. The normalized spacial score (nSPS) is 10.7. The summed E-state index contributed by atoms with van der Waals surface area (Å²) in [5.74, 6) is -1.10. The van der Waals surface area contributed by atoms with Crippen molar-refractivity contribution in [1.29, 1.82) is 0 Å². The van der Waals surface area contributed by atoms with Gasteiger partial charge in [0.1, 0.15) is 11.5 Å². The van der Waals surface area contributed by atoms with E-state index in [0.717, 1.165) is 5.56 Å². The first-order chi connectivity index (χ1) is 13.9. The second kappa shape index (κ2) is 8.61. The fourth-order valence-corrected chi connectivity index (χ4v) is 2.38. The van der Waals surface area contributed by atoms with Crippen LogP contribution in [0.25, 0.3) is 11.3 Å². The molecule has 0 unspecified atom stereocenters. The summed E-state index contributed by atoms with van der Waals surface area (Å²) in [6.45, 7) is 1.91. The molecular formula is C20H16N4O5. The number of anilines is 1. The second-order valence-corrected chi connectivity index (χ2v) is 6.03. The Kier molecular flexibility index (Phi) is 5.79. The van der Waals surface area contributed by atoms with E-state index in [1.807, 2.05) is 19.1 Å². The van der Waals surface area contributed by atoms with Crippen LogP contribution in [-0.2, 0) is 9.59 Å². The maximum Gasteiger partial charge on any atom is 0.329 e. The minimum Gasteiger partial charge on any atom is -0.455 e. The summed E-state index contributed by atoms with van der Waals surface area (Å²) in [7, 11) is 0. The van der Waals surface area contributed by atoms with Gasteiger partial charge in [-0.05, 0) is 31.2 Å². The Morgan fingerprint density at radius 2 is 1.83 bits per heavy atom. The number of nitrogens with zero attached hydrogens (tertiary/aromatic N) is 2. The molecule has 0 aliphatic heterocycles. The van der Waals surface area contributed by atoms with E-state index in [9.17, 15) is 19.7 Å². The third-order valence-corrected chi connectivity index (χ3v) is 3.84. The summed E-state index contributed by atoms with van der Waals surface area (Å²) in [5.41, 5.74) is 4.10. The number of hydrazone groups is 1. The smallest absolute Gasteiger partial charge is 0.329 e. The number of amides is 2. The van der Waals surface area contributed by atoms with Gasteiger partial charge in [-0.3, -0.25) is 19.7 Å². The average Bonchev–Trinajstić information content (AvgIpc) is 3.18. The highest BCUT2D eigenvalue weighted by Crippen LogP contribution is 2.25. The van der Waals surface area contributed by atoms with Crippen LogP contribution in [-0.4, -0.2) is 23.0 Å². The van der Waals surface area contributed by atoms with Gasteiger partial charge in [0, 0.05) is 23.4 Å². The van der Waals surface area contributed by atoms with Crippen molar-refractivity contribution in [2.75, 3.05) is 5.32 Å². The van der Waals surface area contributed by atoms with E-state index < -0.39 is 16.7 Å². The van der Waals surface area contributed by atoms with Crippen LogP contribution in [0.1, 0.15) is 11.3 Å². The molecular weight excluding hydrogens is 376 g/mol. The zero-order valence-corrected chi connectivity index (χ0v) is 15.3. The largest absolute Gasteiger partial charge is 0.455 e. The number of aryl methyl sites for hydroxylation is 1. The number of furan rings is 1. The molecule has 2 aromatic carbocycles. The summed E-state index contributed by atoms with van der Waals surface area (Å²) < 4.78 is 5.53. The van der Waals surface area contributed by atoms with E-state index in [1.165, 1.54) is 18.3 Å². The summed E-state index contributed by atoms with van der Waals surface area (Å²) in [6, 6.07) is 16.2. The molecule has 3 aromatic rings. The minimum absolute atomic E-state index is 0.0547. The zero-order chi connectivity index (χ0) is 20.8. The number of nitro benzene ring substituents is 1. The van der Waals surface area contributed by atoms with Gasteiger partial charge in [-0.2, -0.15) is 5.10 Å². The number of hydrogen-bond donors (Lipinski definition) is 2. The molecule has 146 valence electrons. The summed E-state index contributed by atoms with van der Waals surface area (Å²) in [4.78, 5) is 34.0. The molecule has 0 atom stereocenters. The number of nitro groups is 1. The predicted octanol–water partition coefficient (Wildman–Crippen LogP) is 3.25. The van der Waals surface area contributed by atoms with Crippen LogP contribution in [0.3, 0.4) is 0 Å². The first kappa shape index (κ1) is 19.5. The number of nitrogens with one attached hydrogen (secondary N) is 2. The van der Waals surface area contributed by atoms with E-state index in [0.29, 0.717) is 22.8 Å². The molecule has 0 fully saturated rings. The van der Waals surface area contributed by atoms with Crippen LogP contribution in [0.5, 0.6) is 0 Å². The van der Waals surface area contributed by atoms with Crippen molar-refractivity contribution in [3.63, 3.8) is 0 Å². The van der Waals surface area contributed by atoms with Gasteiger partial charge in [-0.15, -0.1) is 0 Å². The Labute approximate surface area is 165 Å². The van der Waals surface area contributed by atoms with Crippen molar-refractivity contribution in [2.24, 2.45) is 5.10 Å². The van der Waals surface area contributed by atoms with E-state index in [1.54, 1.807) is 36.4 Å². The standard InChI is InChI=1S/C20H16N4O5/c1-13-5-7-15(8-6-13)22-19(25)20(26)23-21-12-17-9-10-18(29-17)14-3-2-4-16(11-14)24(27)28/h2-12H,1H3,(H,22,25)(H,23,26)/b21-12+. The summed E-state index contributed by atoms with van der Waals surface area (Å²) >= 11 is 0. The number of carbonyl (C=O) groups excluding carboxylic acids is 2. The van der Waals surface area contributed by atoms with Gasteiger partial charge < -0.3 is 9.73 Å². The van der Waals surface area contributed by atoms with Crippen molar-refractivity contribution in [3.8, 4) is 11.3 Å². The zero-order valence-electron chi connectivity index (χ0n) is 15.3. The Morgan fingerprint density at radius 1 is 1.07 bits per heavy atom. The predicted molar refractivity (Wildman–Crippen MR) is 106 cm³/mol. The van der Waals surface area contributed by atoms with E-state index in [-0.39, 0.29) is 5.69 Å². The number of carbonyl (C=O) groups is 2. The van der Waals surface area contributed by atoms with Crippen LogP contribution < -0.4 is 10.7 Å². The van der Waals surface area contributed by atoms with Crippen LogP contribution in [0.4, 0.5) is 11.4 Å². The highest BCUT2D eigenvalue weighted by Gasteiger charge is 2.13. The molecule has 9 heteroatoms. The van der Waals surface area contributed by atoms with E-state index in [2.05, 4.69) is 15.8 Å². The lowest BCUT2D eigenvalue weighted by Crippen LogP contribution is -2.32. The van der Waals surface area contributed by atoms with Crippen molar-refractivity contribution in [2.45, 2.75) is 6.92 Å². The Hall–Kier alpha value is -4.27. The Bertz CT molecular complexity index is 1090. The van der Waals surface area contributed by atoms with Gasteiger partial charge in [0.2, 0.25) is 0 Å². The van der Waals surface area contributed by atoms with Crippen molar-refractivity contribution in [3.05, 3.63) is 82.1 Å². The Balaban J connectivity index is 1.58. The van der Waals surface area contributed by atoms with Gasteiger partial charge in [-0.1, -0.05) is 29.8 Å². The molecule has 1 heterocycles. The highest BCUT2D eigenvalue weighted by molar-refractivity contribution is 6.39. The summed E-state index contributed by atoms with van der Waals surface area (Å²) in [6.07, 6.45) is 1.22. The third kappa shape index (κ3) is 5.13. The third-order valence-electron chi connectivity index (χ3n) is 3.84. The van der Waals surface area contributed by atoms with Gasteiger partial charge in [0.05, 0.1) is 11.1 Å². The molecule has 0 spiro atoms. The Morgan fingerprint density at radius 3 is 2.55 bits per heavy atom. The van der Waals surface area contributed by atoms with Gasteiger partial charge in [0.15, 0.2) is 0 Å². The molecule has 9 nitrogen and oxygen atoms in total. The second-order valence-electron chi connectivity index (χ2n) is 6.03. The molecule has 0 saturated carbocycles. The lowest BCUT2D eigenvalue weighted by atomic mass is 10.1. The molecule has 0 radical (unpaired) electrons. The molecule has 29 heavy (non-hydrogen) atoms. The fraction of sp³-hybridized carbons (Fsp3) is 0.0500. The lowest BCUT2D eigenvalue weighted by Gasteiger charge is -2.03. The monoisotopic (exact) mass is 392 g/mol. The minimum atomic E-state index is -0.938. The summed E-state index contributed by atoms with van der Waals surface area (Å²) in [5, 5.41) is 17.0. The average molecular weight is 392 g/mol. The quantitative estimate of drug-likeness (QED) is 0.298. The van der Waals surface area contributed by atoms with Crippen LogP contribution in [0.2, 0.25) is 0 Å². The van der Waals surface area contributed by atoms with Crippen molar-refractivity contribution >= 4 is 29.4 Å². The number of non-ortho nitro benzene ring substituents is 1. The number of rotatable bonds is 5. The van der Waals surface area contributed by atoms with Crippen molar-refractivity contribution < 1.29 is 18.9 Å². The van der Waals surface area contributed by atoms with E-state index >= 15 is 0 Å². The first-order valence-corrected chi connectivity index (χ1v) is 8.48. The maximum absolute atomic E-state index is 11.8. The topological polar surface area (TPSA) is 127 Å². The SMILES string of the molecule is Cc1ccc(NC(=O)C(=O)N/N=C/c2ccc(-c3cccc([N+](=O)[O-])c3)o2)cc1. The van der Waals surface area contributed by atoms with Crippen LogP contribution in [0, 0.1) is 17.0 Å².